The summed E-state index contributed by atoms with van der Waals surface area (Å²) in [7, 11) is -9.91. The quantitative estimate of drug-likeness (QED) is 0.0222. The van der Waals surface area contributed by atoms with Crippen LogP contribution in [0.3, 0.4) is 0 Å². The van der Waals surface area contributed by atoms with E-state index in [2.05, 4.69) is 48.5 Å². The summed E-state index contributed by atoms with van der Waals surface area (Å²) in [5, 5.41) is 10.6. The molecule has 0 amide bonds. The smallest absolute Gasteiger partial charge is 0.462 e. The average Bonchev–Trinajstić information content (AvgIpc) is 1.30. The zero-order chi connectivity index (χ0) is 70.9. The number of carbonyl (C=O) groups excluding carboxylic acids is 4. The molecule has 0 saturated heterocycles. The van der Waals surface area contributed by atoms with E-state index in [-0.39, 0.29) is 25.7 Å². The van der Waals surface area contributed by atoms with Crippen molar-refractivity contribution in [2.45, 2.75) is 414 Å². The Morgan fingerprint density at radius 2 is 0.531 bits per heavy atom. The van der Waals surface area contributed by atoms with Crippen molar-refractivity contribution < 1.29 is 80.2 Å². The molecule has 0 spiro atoms. The van der Waals surface area contributed by atoms with Crippen molar-refractivity contribution in [2.75, 3.05) is 39.6 Å². The first kappa shape index (κ1) is 94.1. The normalized spacial score (nSPS) is 14.6. The second kappa shape index (κ2) is 67.5. The molecule has 0 aliphatic rings. The van der Waals surface area contributed by atoms with E-state index in [0.717, 1.165) is 108 Å². The van der Waals surface area contributed by atoms with Crippen LogP contribution in [0.5, 0.6) is 0 Å². The molecule has 0 rings (SSSR count). The number of carbonyl (C=O) groups is 4. The van der Waals surface area contributed by atoms with Crippen LogP contribution in [0.15, 0.2) is 0 Å². The lowest BCUT2D eigenvalue weighted by Gasteiger charge is -2.21. The number of esters is 4. The van der Waals surface area contributed by atoms with E-state index in [1.54, 1.807) is 0 Å². The highest BCUT2D eigenvalue weighted by Crippen LogP contribution is 2.45. The van der Waals surface area contributed by atoms with Crippen LogP contribution in [0.2, 0.25) is 0 Å². The lowest BCUT2D eigenvalue weighted by Crippen LogP contribution is -2.30. The van der Waals surface area contributed by atoms with Gasteiger partial charge in [0.25, 0.3) is 0 Å². The zero-order valence-electron chi connectivity index (χ0n) is 62.8. The minimum atomic E-state index is -4.96. The molecule has 17 nitrogen and oxygen atoms in total. The van der Waals surface area contributed by atoms with Crippen LogP contribution in [0.1, 0.15) is 395 Å². The fraction of sp³-hybridized carbons (Fsp3) is 0.948. The first-order chi connectivity index (χ1) is 46.3. The number of hydrogen-bond acceptors (Lipinski definition) is 15. The molecule has 0 aromatic rings. The van der Waals surface area contributed by atoms with Crippen molar-refractivity contribution in [3.63, 3.8) is 0 Å². The van der Waals surface area contributed by atoms with Gasteiger partial charge in [-0.3, -0.25) is 37.3 Å². The summed E-state index contributed by atoms with van der Waals surface area (Å²) in [6.07, 6.45) is 53.9. The average molecular weight is 1410 g/mol. The first-order valence-corrected chi connectivity index (χ1v) is 42.9. The van der Waals surface area contributed by atoms with Crippen LogP contribution in [0, 0.1) is 17.8 Å². The van der Waals surface area contributed by atoms with Gasteiger partial charge in [0.1, 0.15) is 19.3 Å². The van der Waals surface area contributed by atoms with Crippen LogP contribution >= 0.6 is 15.6 Å². The number of ether oxygens (including phenoxy) is 4. The lowest BCUT2D eigenvalue weighted by atomic mass is 9.99. The number of unbranched alkanes of at least 4 members (excludes halogenated alkanes) is 41. The lowest BCUT2D eigenvalue weighted by molar-refractivity contribution is -0.161. The maximum absolute atomic E-state index is 13.1. The van der Waals surface area contributed by atoms with Gasteiger partial charge in [-0.25, -0.2) is 9.13 Å². The van der Waals surface area contributed by atoms with Crippen molar-refractivity contribution >= 4 is 39.5 Å². The van der Waals surface area contributed by atoms with Crippen molar-refractivity contribution in [3.8, 4) is 0 Å². The highest BCUT2D eigenvalue weighted by molar-refractivity contribution is 7.47. The summed E-state index contributed by atoms with van der Waals surface area (Å²) in [5.41, 5.74) is 0. The van der Waals surface area contributed by atoms with Gasteiger partial charge in [0, 0.05) is 25.7 Å². The monoisotopic (exact) mass is 1410 g/mol. The Hall–Kier alpha value is -1.94. The number of aliphatic hydroxyl groups excluding tert-OH is 1. The summed E-state index contributed by atoms with van der Waals surface area (Å²) >= 11 is 0. The summed E-state index contributed by atoms with van der Waals surface area (Å²) in [5.74, 6) is 0.314. The van der Waals surface area contributed by atoms with Gasteiger partial charge in [-0.1, -0.05) is 344 Å². The summed E-state index contributed by atoms with van der Waals surface area (Å²) < 4.78 is 68.6. The maximum atomic E-state index is 13.1. The number of hydrogen-bond donors (Lipinski definition) is 3. The second-order valence-corrected chi connectivity index (χ2v) is 31.6. The molecule has 0 heterocycles. The fourth-order valence-electron chi connectivity index (χ4n) is 11.7. The molecule has 96 heavy (non-hydrogen) atoms. The Morgan fingerprint density at radius 1 is 0.302 bits per heavy atom. The van der Waals surface area contributed by atoms with Crippen molar-refractivity contribution in [1.82, 2.24) is 0 Å². The van der Waals surface area contributed by atoms with Crippen molar-refractivity contribution in [3.05, 3.63) is 0 Å². The molecule has 4 unspecified atom stereocenters. The molecule has 0 radical (unpaired) electrons. The van der Waals surface area contributed by atoms with E-state index in [1.165, 1.54) is 205 Å². The van der Waals surface area contributed by atoms with Crippen molar-refractivity contribution in [2.24, 2.45) is 17.8 Å². The van der Waals surface area contributed by atoms with Gasteiger partial charge in [-0.05, 0) is 43.4 Å². The van der Waals surface area contributed by atoms with E-state index < -0.39 is 97.5 Å². The van der Waals surface area contributed by atoms with Gasteiger partial charge in [0.15, 0.2) is 12.2 Å². The molecule has 570 valence electrons. The molecule has 0 aromatic carbocycles. The third kappa shape index (κ3) is 67.9. The van der Waals surface area contributed by atoms with Crippen molar-refractivity contribution in [1.29, 1.82) is 0 Å². The Kier molecular flexibility index (Phi) is 66.2. The van der Waals surface area contributed by atoms with Crippen LogP contribution in [-0.2, 0) is 65.4 Å². The van der Waals surface area contributed by atoms with Crippen LogP contribution < -0.4 is 0 Å². The molecule has 19 heteroatoms. The molecule has 0 fully saturated rings. The van der Waals surface area contributed by atoms with Gasteiger partial charge in [0.05, 0.1) is 26.4 Å². The molecular formula is C77H150O17P2. The maximum Gasteiger partial charge on any atom is 0.472 e. The van der Waals surface area contributed by atoms with E-state index in [1.807, 2.05) is 0 Å². The molecule has 0 aliphatic heterocycles. The summed E-state index contributed by atoms with van der Waals surface area (Å²) in [4.78, 5) is 72.8. The van der Waals surface area contributed by atoms with Crippen LogP contribution in [0.25, 0.3) is 0 Å². The molecule has 0 aromatic heterocycles. The number of phosphoric ester groups is 2. The van der Waals surface area contributed by atoms with Crippen LogP contribution in [-0.4, -0.2) is 96.7 Å². The first-order valence-electron chi connectivity index (χ1n) is 39.9. The van der Waals surface area contributed by atoms with E-state index in [4.69, 9.17) is 37.0 Å². The zero-order valence-corrected chi connectivity index (χ0v) is 64.6. The molecule has 0 aliphatic carbocycles. The Bertz CT molecular complexity index is 1870. The highest BCUT2D eigenvalue weighted by Gasteiger charge is 2.30. The second-order valence-electron chi connectivity index (χ2n) is 28.7. The van der Waals surface area contributed by atoms with Gasteiger partial charge in [0.2, 0.25) is 0 Å². The largest absolute Gasteiger partial charge is 0.472 e. The molecular weight excluding hydrogens is 1260 g/mol. The minimum absolute atomic E-state index is 0.106. The number of aliphatic hydroxyl groups is 1. The Labute approximate surface area is 588 Å². The standard InChI is InChI=1S/C77H150O17P2/c1-8-11-12-13-14-27-37-44-51-58-74(79)87-64-72(94-77(82)61-54-47-40-33-26-25-30-36-43-50-57-70(7)10-3)66-91-95(83,84)89-62-71(78)63-90-96(85,86)92-67-73(65-88-75(80)59-52-45-38-31-23-20-19-21-28-34-41-48-55-68(4)5)93-76(81)60-53-46-39-32-24-18-16-15-17-22-29-35-42-49-56-69(6)9-2/h68-73,78H,8-67H2,1-7H3,(H,83,84)(H,85,86)/t69?,70?,71-,72+,73+/m0/s1. The van der Waals surface area contributed by atoms with E-state index in [9.17, 15) is 43.2 Å². The topological polar surface area (TPSA) is 237 Å². The molecule has 0 bridgehead atoms. The van der Waals surface area contributed by atoms with Gasteiger partial charge in [-0.2, -0.15) is 0 Å². The molecule has 7 atom stereocenters. The van der Waals surface area contributed by atoms with Gasteiger partial charge < -0.3 is 33.8 Å². The Balaban J connectivity index is 5.24. The SMILES string of the molecule is CCCCCCCCCCCC(=O)OC[C@H](COP(=O)(O)OC[C@H](O)COP(=O)(O)OC[C@@H](COC(=O)CCCCCCCCCCCCCCC(C)C)OC(=O)CCCCCCCCCCCCCCCCC(C)CC)OC(=O)CCCCCCCCCCCCC(C)CC. The molecule has 0 saturated carbocycles. The van der Waals surface area contributed by atoms with E-state index >= 15 is 0 Å². The third-order valence-electron chi connectivity index (χ3n) is 18.6. The fourth-order valence-corrected chi connectivity index (χ4v) is 13.3. The highest BCUT2D eigenvalue weighted by atomic mass is 31.2. The minimum Gasteiger partial charge on any atom is -0.462 e. The predicted molar refractivity (Wildman–Crippen MR) is 391 cm³/mol. The molecule has 3 N–H and O–H groups in total. The summed E-state index contributed by atoms with van der Waals surface area (Å²) in [6, 6.07) is 0. The Morgan fingerprint density at radius 3 is 0.792 bits per heavy atom. The number of rotatable bonds is 75. The third-order valence-corrected chi connectivity index (χ3v) is 20.5. The van der Waals surface area contributed by atoms with Gasteiger partial charge in [-0.15, -0.1) is 0 Å². The predicted octanol–water partition coefficient (Wildman–Crippen LogP) is 22.6. The summed E-state index contributed by atoms with van der Waals surface area (Å²) in [6.45, 7) is 12.0. The number of phosphoric acid groups is 2. The van der Waals surface area contributed by atoms with Crippen LogP contribution in [0.4, 0.5) is 0 Å². The van der Waals surface area contributed by atoms with E-state index in [0.29, 0.717) is 25.7 Å². The van der Waals surface area contributed by atoms with Gasteiger partial charge >= 0.3 is 39.5 Å².